The zero-order valence-corrected chi connectivity index (χ0v) is 7.83. The Morgan fingerprint density at radius 3 is 2.83 bits per heavy atom. The number of hydrogen-bond acceptors (Lipinski definition) is 2. The van der Waals surface area contributed by atoms with E-state index in [1.807, 2.05) is 18.7 Å². The Bertz CT molecular complexity index is 314. The molecule has 0 aromatic carbocycles. The summed E-state index contributed by atoms with van der Waals surface area (Å²) in [4.78, 5) is 0. The van der Waals surface area contributed by atoms with Gasteiger partial charge < -0.3 is 5.73 Å². The van der Waals surface area contributed by atoms with E-state index in [0.29, 0.717) is 5.92 Å². The molecule has 2 atom stereocenters. The molecule has 0 amide bonds. The molecule has 3 nitrogen and oxygen atoms in total. The van der Waals surface area contributed by atoms with Crippen molar-refractivity contribution >= 4 is 0 Å². The summed E-state index contributed by atoms with van der Waals surface area (Å²) in [7, 11) is 2.00. The molecular formula is C9H15N3. The Kier molecular flexibility index (Phi) is 1.51. The van der Waals surface area contributed by atoms with Crippen LogP contribution in [0.5, 0.6) is 0 Å². The maximum Gasteiger partial charge on any atom is 0.0644 e. The first-order chi connectivity index (χ1) is 5.61. The van der Waals surface area contributed by atoms with Crippen molar-refractivity contribution in [3.8, 4) is 0 Å². The van der Waals surface area contributed by atoms with Crippen LogP contribution in [0.1, 0.15) is 29.9 Å². The first-order valence-electron chi connectivity index (χ1n) is 4.39. The molecule has 0 spiro atoms. The van der Waals surface area contributed by atoms with Crippen molar-refractivity contribution in [2.45, 2.75) is 26.3 Å². The second-order valence-electron chi connectivity index (χ2n) is 3.78. The molecule has 66 valence electrons. The highest BCUT2D eigenvalue weighted by Crippen LogP contribution is 2.35. The zero-order chi connectivity index (χ0) is 8.88. The quantitative estimate of drug-likeness (QED) is 0.621. The van der Waals surface area contributed by atoms with E-state index in [4.69, 9.17) is 5.73 Å². The maximum absolute atomic E-state index is 6.05. The largest absolute Gasteiger partial charge is 0.324 e. The smallest absolute Gasteiger partial charge is 0.0644 e. The molecule has 1 aliphatic rings. The number of nitrogens with zero attached hydrogens (tertiary/aromatic N) is 2. The van der Waals surface area contributed by atoms with Gasteiger partial charge in [-0.2, -0.15) is 5.10 Å². The second-order valence-corrected chi connectivity index (χ2v) is 3.78. The van der Waals surface area contributed by atoms with Crippen molar-refractivity contribution in [1.82, 2.24) is 9.78 Å². The minimum absolute atomic E-state index is 0.202. The summed E-state index contributed by atoms with van der Waals surface area (Å²) in [6.45, 7) is 4.24. The third kappa shape index (κ3) is 0.829. The highest BCUT2D eigenvalue weighted by atomic mass is 15.3. The topological polar surface area (TPSA) is 43.8 Å². The standard InChI is InChI=1S/C9H15N3/c1-5-4-7-8(9(5)10)6(2)11-12(7)3/h5,9H,4,10H2,1-3H3. The van der Waals surface area contributed by atoms with Gasteiger partial charge in [0.25, 0.3) is 0 Å². The molecule has 0 radical (unpaired) electrons. The van der Waals surface area contributed by atoms with Gasteiger partial charge in [0.1, 0.15) is 0 Å². The molecule has 0 fully saturated rings. The van der Waals surface area contributed by atoms with Crippen molar-refractivity contribution < 1.29 is 0 Å². The summed E-state index contributed by atoms with van der Waals surface area (Å²) in [5.41, 5.74) is 9.76. The van der Waals surface area contributed by atoms with E-state index < -0.39 is 0 Å². The average Bonchev–Trinajstić information content (AvgIpc) is 2.41. The Morgan fingerprint density at radius 2 is 2.25 bits per heavy atom. The zero-order valence-electron chi connectivity index (χ0n) is 7.83. The van der Waals surface area contributed by atoms with E-state index in [2.05, 4.69) is 12.0 Å². The number of rotatable bonds is 0. The Labute approximate surface area is 72.6 Å². The average molecular weight is 165 g/mol. The fourth-order valence-electron chi connectivity index (χ4n) is 2.11. The lowest BCUT2D eigenvalue weighted by atomic mass is 10.0. The molecule has 0 saturated heterocycles. The fraction of sp³-hybridized carbons (Fsp3) is 0.667. The predicted octanol–water partition coefficient (Wildman–Crippen LogP) is 0.921. The van der Waals surface area contributed by atoms with Gasteiger partial charge in [-0.1, -0.05) is 6.92 Å². The molecule has 2 N–H and O–H groups in total. The van der Waals surface area contributed by atoms with Crippen LogP contribution in [0.15, 0.2) is 0 Å². The summed E-state index contributed by atoms with van der Waals surface area (Å²) in [6.07, 6.45) is 1.08. The van der Waals surface area contributed by atoms with Crippen molar-refractivity contribution in [2.24, 2.45) is 18.7 Å². The Hall–Kier alpha value is -0.830. The molecule has 1 heterocycles. The third-order valence-corrected chi connectivity index (χ3v) is 2.85. The number of aryl methyl sites for hydroxylation is 2. The summed E-state index contributed by atoms with van der Waals surface area (Å²) < 4.78 is 1.97. The SMILES string of the molecule is Cc1nn(C)c2c1C(N)C(C)C2. The fourth-order valence-corrected chi connectivity index (χ4v) is 2.11. The van der Waals surface area contributed by atoms with Gasteiger partial charge in [0.15, 0.2) is 0 Å². The van der Waals surface area contributed by atoms with E-state index in [1.54, 1.807) is 0 Å². The minimum atomic E-state index is 0.202. The monoisotopic (exact) mass is 165 g/mol. The van der Waals surface area contributed by atoms with Gasteiger partial charge in [-0.05, 0) is 19.3 Å². The Balaban J connectivity index is 2.55. The van der Waals surface area contributed by atoms with Crippen LogP contribution >= 0.6 is 0 Å². The molecule has 0 aliphatic heterocycles. The lowest BCUT2D eigenvalue weighted by molar-refractivity contribution is 0.498. The normalized spacial score (nSPS) is 27.7. The molecule has 1 aromatic heterocycles. The van der Waals surface area contributed by atoms with Crippen molar-refractivity contribution in [3.63, 3.8) is 0 Å². The highest BCUT2D eigenvalue weighted by Gasteiger charge is 2.31. The van der Waals surface area contributed by atoms with Gasteiger partial charge in [0, 0.05) is 24.3 Å². The van der Waals surface area contributed by atoms with Crippen molar-refractivity contribution in [1.29, 1.82) is 0 Å². The van der Waals surface area contributed by atoms with E-state index in [0.717, 1.165) is 12.1 Å². The van der Waals surface area contributed by atoms with Crippen LogP contribution in [0.25, 0.3) is 0 Å². The lowest BCUT2D eigenvalue weighted by Crippen LogP contribution is -2.14. The van der Waals surface area contributed by atoms with Gasteiger partial charge in [0.05, 0.1) is 5.69 Å². The van der Waals surface area contributed by atoms with Crippen LogP contribution in [0.2, 0.25) is 0 Å². The van der Waals surface area contributed by atoms with Gasteiger partial charge in [-0.15, -0.1) is 0 Å². The molecule has 2 rings (SSSR count). The lowest BCUT2D eigenvalue weighted by Gasteiger charge is -2.09. The van der Waals surface area contributed by atoms with Gasteiger partial charge in [-0.3, -0.25) is 4.68 Å². The molecule has 3 heteroatoms. The number of aromatic nitrogens is 2. The van der Waals surface area contributed by atoms with Gasteiger partial charge in [-0.25, -0.2) is 0 Å². The minimum Gasteiger partial charge on any atom is -0.324 e. The van der Waals surface area contributed by atoms with Crippen molar-refractivity contribution in [2.75, 3.05) is 0 Å². The van der Waals surface area contributed by atoms with Crippen LogP contribution in [-0.4, -0.2) is 9.78 Å². The van der Waals surface area contributed by atoms with Crippen LogP contribution < -0.4 is 5.73 Å². The third-order valence-electron chi connectivity index (χ3n) is 2.85. The van der Waals surface area contributed by atoms with E-state index >= 15 is 0 Å². The van der Waals surface area contributed by atoms with E-state index in [9.17, 15) is 0 Å². The molecule has 2 unspecified atom stereocenters. The molecule has 0 bridgehead atoms. The summed E-state index contributed by atoms with van der Waals surface area (Å²) >= 11 is 0. The van der Waals surface area contributed by atoms with E-state index in [-0.39, 0.29) is 6.04 Å². The first-order valence-corrected chi connectivity index (χ1v) is 4.39. The predicted molar refractivity (Wildman–Crippen MR) is 47.7 cm³/mol. The number of fused-ring (bicyclic) bond motifs is 1. The van der Waals surface area contributed by atoms with Crippen LogP contribution in [0.3, 0.4) is 0 Å². The van der Waals surface area contributed by atoms with Gasteiger partial charge >= 0.3 is 0 Å². The molecular weight excluding hydrogens is 150 g/mol. The molecule has 12 heavy (non-hydrogen) atoms. The number of nitrogens with two attached hydrogens (primary N) is 1. The molecule has 0 saturated carbocycles. The maximum atomic E-state index is 6.05. The highest BCUT2D eigenvalue weighted by molar-refractivity contribution is 5.34. The molecule has 1 aromatic rings. The second kappa shape index (κ2) is 2.33. The molecule has 1 aliphatic carbocycles. The van der Waals surface area contributed by atoms with Crippen LogP contribution in [0, 0.1) is 12.8 Å². The van der Waals surface area contributed by atoms with Gasteiger partial charge in [0.2, 0.25) is 0 Å². The van der Waals surface area contributed by atoms with Crippen LogP contribution in [0.4, 0.5) is 0 Å². The summed E-state index contributed by atoms with van der Waals surface area (Å²) in [5.74, 6) is 0.572. The number of hydrogen-bond donors (Lipinski definition) is 1. The summed E-state index contributed by atoms with van der Waals surface area (Å²) in [5, 5.41) is 4.35. The Morgan fingerprint density at radius 1 is 1.58 bits per heavy atom. The first kappa shape index (κ1) is 7.80. The van der Waals surface area contributed by atoms with Crippen molar-refractivity contribution in [3.05, 3.63) is 17.0 Å². The summed E-state index contributed by atoms with van der Waals surface area (Å²) in [6, 6.07) is 0.202. The van der Waals surface area contributed by atoms with E-state index in [1.165, 1.54) is 11.3 Å². The van der Waals surface area contributed by atoms with Crippen LogP contribution in [-0.2, 0) is 13.5 Å².